The first-order valence-electron chi connectivity index (χ1n) is 9.13. The van der Waals surface area contributed by atoms with Gasteiger partial charge in [0.2, 0.25) is 11.6 Å². The van der Waals surface area contributed by atoms with Gasteiger partial charge in [0.1, 0.15) is 5.54 Å². The van der Waals surface area contributed by atoms with Crippen molar-refractivity contribution < 1.29 is 9.59 Å². The Morgan fingerprint density at radius 1 is 1.00 bits per heavy atom. The summed E-state index contributed by atoms with van der Waals surface area (Å²) in [6.07, 6.45) is 4.90. The summed E-state index contributed by atoms with van der Waals surface area (Å²) in [6, 6.07) is 7.89. The van der Waals surface area contributed by atoms with E-state index in [-0.39, 0.29) is 11.8 Å². The predicted molar refractivity (Wildman–Crippen MR) is 92.5 cm³/mol. The molecular weight excluding hydrogens is 302 g/mol. The van der Waals surface area contributed by atoms with E-state index in [0.29, 0.717) is 13.1 Å². The molecule has 2 fully saturated rings. The van der Waals surface area contributed by atoms with Crippen LogP contribution in [-0.2, 0) is 15.3 Å². The first-order chi connectivity index (χ1) is 11.6. The molecule has 0 radical (unpaired) electrons. The van der Waals surface area contributed by atoms with Crippen LogP contribution in [0.15, 0.2) is 24.3 Å². The maximum atomic E-state index is 13.4. The van der Waals surface area contributed by atoms with Crippen LogP contribution in [0.1, 0.15) is 51.5 Å². The smallest absolute Gasteiger partial charge is 0.273 e. The Morgan fingerprint density at radius 3 is 2.38 bits per heavy atom. The topological polar surface area (TPSA) is 52.7 Å². The standard InChI is InChI=1S/C19H25N3O2/c1-3-21-15-11-7-6-10-14(15)19(17(21)24)20-18(12-8-5-9-13-18)16(23)22(19)4-2/h6-7,10-11,20H,3-5,8-9,12-13H2,1-2H3/t19-/m1/s1. The Labute approximate surface area is 143 Å². The average molecular weight is 327 g/mol. The van der Waals surface area contributed by atoms with Crippen LogP contribution < -0.4 is 10.2 Å². The van der Waals surface area contributed by atoms with Gasteiger partial charge in [0.15, 0.2) is 0 Å². The van der Waals surface area contributed by atoms with Gasteiger partial charge in [-0.15, -0.1) is 0 Å². The minimum absolute atomic E-state index is 0.0103. The number of rotatable bonds is 2. The first kappa shape index (κ1) is 15.6. The molecule has 0 aromatic heterocycles. The van der Waals surface area contributed by atoms with Crippen molar-refractivity contribution in [2.24, 2.45) is 0 Å². The SMILES string of the molecule is CCN1C(=O)[C@@]2(NC3(CCCCC3)C(=O)N2CC)c2ccccc21. The van der Waals surface area contributed by atoms with Crippen LogP contribution in [-0.4, -0.2) is 35.3 Å². The molecule has 0 unspecified atom stereocenters. The molecule has 5 nitrogen and oxygen atoms in total. The van der Waals surface area contributed by atoms with Crippen molar-refractivity contribution in [2.75, 3.05) is 18.0 Å². The van der Waals surface area contributed by atoms with E-state index in [1.54, 1.807) is 9.80 Å². The molecule has 24 heavy (non-hydrogen) atoms. The molecule has 1 saturated carbocycles. The zero-order chi connectivity index (χ0) is 16.9. The van der Waals surface area contributed by atoms with Gasteiger partial charge in [-0.2, -0.15) is 0 Å². The number of likely N-dealkylation sites (N-methyl/N-ethyl adjacent to an activating group) is 2. The number of benzene rings is 1. The Morgan fingerprint density at radius 2 is 1.71 bits per heavy atom. The van der Waals surface area contributed by atoms with Gasteiger partial charge < -0.3 is 9.80 Å². The lowest BCUT2D eigenvalue weighted by Crippen LogP contribution is -2.58. The van der Waals surface area contributed by atoms with Gasteiger partial charge in [0, 0.05) is 18.7 Å². The van der Waals surface area contributed by atoms with Crippen molar-refractivity contribution in [2.45, 2.75) is 57.2 Å². The fourth-order valence-corrected chi connectivity index (χ4v) is 4.88. The van der Waals surface area contributed by atoms with Crippen molar-refractivity contribution in [1.82, 2.24) is 10.2 Å². The summed E-state index contributed by atoms with van der Waals surface area (Å²) in [5, 5.41) is 3.59. The second-order valence-electron chi connectivity index (χ2n) is 7.09. The minimum Gasteiger partial charge on any atom is -0.311 e. The maximum Gasteiger partial charge on any atom is 0.273 e. The molecule has 1 aromatic carbocycles. The third kappa shape index (κ3) is 1.73. The van der Waals surface area contributed by atoms with Crippen LogP contribution in [0.4, 0.5) is 5.69 Å². The molecule has 3 aliphatic rings. The molecular formula is C19H25N3O2. The minimum atomic E-state index is -1.02. The number of para-hydroxylation sites is 1. The summed E-state index contributed by atoms with van der Waals surface area (Å²) < 4.78 is 0. The fraction of sp³-hybridized carbons (Fsp3) is 0.579. The Balaban J connectivity index is 1.90. The van der Waals surface area contributed by atoms with Crippen LogP contribution in [0.25, 0.3) is 0 Å². The largest absolute Gasteiger partial charge is 0.311 e. The van der Waals surface area contributed by atoms with Gasteiger partial charge in [-0.1, -0.05) is 37.5 Å². The lowest BCUT2D eigenvalue weighted by Gasteiger charge is -2.34. The summed E-state index contributed by atoms with van der Waals surface area (Å²) in [7, 11) is 0. The number of amides is 2. The molecule has 1 N–H and O–H groups in total. The zero-order valence-electron chi connectivity index (χ0n) is 14.5. The second-order valence-corrected chi connectivity index (χ2v) is 7.09. The van der Waals surface area contributed by atoms with E-state index < -0.39 is 11.2 Å². The molecule has 2 aliphatic heterocycles. The van der Waals surface area contributed by atoms with E-state index >= 15 is 0 Å². The molecule has 128 valence electrons. The highest BCUT2D eigenvalue weighted by Crippen LogP contribution is 2.49. The summed E-state index contributed by atoms with van der Waals surface area (Å²) in [5.74, 6) is 0.0923. The number of hydrogen-bond donors (Lipinski definition) is 1. The third-order valence-electron chi connectivity index (χ3n) is 5.96. The van der Waals surface area contributed by atoms with Crippen molar-refractivity contribution in [1.29, 1.82) is 0 Å². The Hall–Kier alpha value is -1.88. The van der Waals surface area contributed by atoms with E-state index in [1.165, 1.54) is 6.42 Å². The van der Waals surface area contributed by atoms with E-state index in [2.05, 4.69) is 5.32 Å². The molecule has 1 aromatic rings. The Kier molecular flexibility index (Phi) is 3.46. The number of carbonyl (C=O) groups excluding carboxylic acids is 2. The van der Waals surface area contributed by atoms with Crippen LogP contribution in [0, 0.1) is 0 Å². The van der Waals surface area contributed by atoms with Crippen LogP contribution >= 0.6 is 0 Å². The number of nitrogens with zero attached hydrogens (tertiary/aromatic N) is 2. The van der Waals surface area contributed by atoms with Crippen molar-refractivity contribution in [3.05, 3.63) is 29.8 Å². The quantitative estimate of drug-likeness (QED) is 0.907. The van der Waals surface area contributed by atoms with Crippen molar-refractivity contribution in [3.8, 4) is 0 Å². The normalized spacial score (nSPS) is 28.2. The monoisotopic (exact) mass is 327 g/mol. The van der Waals surface area contributed by atoms with Gasteiger partial charge >= 0.3 is 0 Å². The maximum absolute atomic E-state index is 13.4. The average Bonchev–Trinajstić information content (AvgIpc) is 2.99. The second kappa shape index (κ2) is 5.31. The molecule has 1 atom stereocenters. The lowest BCUT2D eigenvalue weighted by molar-refractivity contribution is -0.141. The summed E-state index contributed by atoms with van der Waals surface area (Å²) >= 11 is 0. The molecule has 5 heteroatoms. The van der Waals surface area contributed by atoms with E-state index in [9.17, 15) is 9.59 Å². The molecule has 0 bridgehead atoms. The molecule has 4 rings (SSSR count). The number of anilines is 1. The predicted octanol–water partition coefficient (Wildman–Crippen LogP) is 2.36. The van der Waals surface area contributed by atoms with Gasteiger partial charge in [0.25, 0.3) is 5.91 Å². The zero-order valence-corrected chi connectivity index (χ0v) is 14.5. The fourth-order valence-electron chi connectivity index (χ4n) is 4.88. The molecule has 1 saturated heterocycles. The number of nitrogens with one attached hydrogen (secondary N) is 1. The summed E-state index contributed by atoms with van der Waals surface area (Å²) in [5.41, 5.74) is 0.266. The number of hydrogen-bond acceptors (Lipinski definition) is 3. The third-order valence-corrected chi connectivity index (χ3v) is 5.96. The van der Waals surface area contributed by atoms with Gasteiger partial charge in [-0.3, -0.25) is 14.9 Å². The lowest BCUT2D eigenvalue weighted by atomic mass is 9.81. The van der Waals surface area contributed by atoms with Crippen LogP contribution in [0.3, 0.4) is 0 Å². The van der Waals surface area contributed by atoms with Gasteiger partial charge in [-0.05, 0) is 32.8 Å². The number of carbonyl (C=O) groups is 2. The van der Waals surface area contributed by atoms with Crippen molar-refractivity contribution >= 4 is 17.5 Å². The van der Waals surface area contributed by atoms with E-state index in [1.807, 2.05) is 38.1 Å². The van der Waals surface area contributed by atoms with Crippen molar-refractivity contribution in [3.63, 3.8) is 0 Å². The highest BCUT2D eigenvalue weighted by atomic mass is 16.2. The highest BCUT2D eigenvalue weighted by molar-refractivity contribution is 6.11. The first-order valence-corrected chi connectivity index (χ1v) is 9.13. The van der Waals surface area contributed by atoms with E-state index in [0.717, 1.165) is 36.9 Å². The van der Waals surface area contributed by atoms with Crippen LogP contribution in [0.5, 0.6) is 0 Å². The molecule has 2 spiro atoms. The van der Waals surface area contributed by atoms with Gasteiger partial charge in [0.05, 0.1) is 5.69 Å². The molecule has 2 heterocycles. The Bertz CT molecular complexity index is 696. The number of fused-ring (bicyclic) bond motifs is 2. The van der Waals surface area contributed by atoms with Gasteiger partial charge in [-0.25, -0.2) is 0 Å². The molecule has 1 aliphatic carbocycles. The summed E-state index contributed by atoms with van der Waals surface area (Å²) in [4.78, 5) is 30.3. The highest BCUT2D eigenvalue weighted by Gasteiger charge is 2.66. The summed E-state index contributed by atoms with van der Waals surface area (Å²) in [6.45, 7) is 5.09. The molecule has 2 amide bonds. The van der Waals surface area contributed by atoms with Crippen LogP contribution in [0.2, 0.25) is 0 Å². The van der Waals surface area contributed by atoms with E-state index in [4.69, 9.17) is 0 Å².